The number of rotatable bonds is 0. The minimum absolute atomic E-state index is 0.183. The molecule has 52 valence electrons. The van der Waals surface area contributed by atoms with Gasteiger partial charge < -0.3 is 0 Å². The Kier molecular flexibility index (Phi) is 1.11. The van der Waals surface area contributed by atoms with Gasteiger partial charge in [0.1, 0.15) is 0 Å². The summed E-state index contributed by atoms with van der Waals surface area (Å²) in [4.78, 5) is 0.183. The molecule has 0 aromatic heterocycles. The van der Waals surface area contributed by atoms with Crippen LogP contribution in [0.15, 0.2) is 0 Å². The van der Waals surface area contributed by atoms with Crippen molar-refractivity contribution in [1.29, 1.82) is 0 Å². The number of hydrogen-bond acceptors (Lipinski definition) is 0. The molecule has 0 spiro atoms. The highest BCUT2D eigenvalue weighted by atomic mass is 35.5. The highest BCUT2D eigenvalue weighted by Crippen LogP contribution is 2.53. The fourth-order valence-corrected chi connectivity index (χ4v) is 2.95. The third-order valence-corrected chi connectivity index (χ3v) is 3.54. The van der Waals surface area contributed by atoms with E-state index in [2.05, 4.69) is 6.92 Å². The first-order valence-electron chi connectivity index (χ1n) is 3.87. The van der Waals surface area contributed by atoms with Crippen molar-refractivity contribution in [2.45, 2.75) is 37.5 Å². The van der Waals surface area contributed by atoms with E-state index in [0.29, 0.717) is 0 Å². The zero-order chi connectivity index (χ0) is 6.48. The second-order valence-corrected chi connectivity index (χ2v) is 4.72. The van der Waals surface area contributed by atoms with Crippen LogP contribution >= 0.6 is 11.6 Å². The average molecular weight is 145 g/mol. The maximum absolute atomic E-state index is 6.26. The molecule has 0 saturated heterocycles. The van der Waals surface area contributed by atoms with Gasteiger partial charge in [0.15, 0.2) is 0 Å². The third kappa shape index (κ3) is 0.797. The lowest BCUT2D eigenvalue weighted by atomic mass is 9.90. The lowest BCUT2D eigenvalue weighted by molar-refractivity contribution is 0.390. The zero-order valence-electron chi connectivity index (χ0n) is 5.86. The first-order chi connectivity index (χ1) is 4.18. The van der Waals surface area contributed by atoms with Gasteiger partial charge in [-0.1, -0.05) is 6.42 Å². The Labute approximate surface area is 61.6 Å². The van der Waals surface area contributed by atoms with Gasteiger partial charge in [0.25, 0.3) is 0 Å². The first kappa shape index (κ1) is 6.03. The Balaban J connectivity index is 2.18. The summed E-state index contributed by atoms with van der Waals surface area (Å²) in [6.07, 6.45) is 5.54. The van der Waals surface area contributed by atoms with E-state index in [1.165, 1.54) is 25.7 Å². The monoisotopic (exact) mass is 144 g/mol. The van der Waals surface area contributed by atoms with Gasteiger partial charge in [-0.3, -0.25) is 0 Å². The van der Waals surface area contributed by atoms with E-state index in [1.807, 2.05) is 0 Å². The summed E-state index contributed by atoms with van der Waals surface area (Å²) in [7, 11) is 0. The highest BCUT2D eigenvalue weighted by Gasteiger charge is 2.46. The quantitative estimate of drug-likeness (QED) is 0.459. The summed E-state index contributed by atoms with van der Waals surface area (Å²) in [6, 6.07) is 0. The molecular weight excluding hydrogens is 132 g/mol. The standard InChI is InChI=1S/C8H13Cl/c1-8(9)5-6-2-3-7(8)4-6/h6-7H,2-5H2,1H3/t6-,7+,8+/m0/s1. The van der Waals surface area contributed by atoms with Crippen molar-refractivity contribution in [3.63, 3.8) is 0 Å². The molecule has 0 heterocycles. The summed E-state index contributed by atoms with van der Waals surface area (Å²) >= 11 is 6.26. The Morgan fingerprint density at radius 1 is 1.44 bits per heavy atom. The van der Waals surface area contributed by atoms with Crippen molar-refractivity contribution in [3.8, 4) is 0 Å². The van der Waals surface area contributed by atoms with Crippen molar-refractivity contribution >= 4 is 11.6 Å². The van der Waals surface area contributed by atoms with Crippen molar-refractivity contribution < 1.29 is 0 Å². The lowest BCUT2D eigenvalue weighted by Gasteiger charge is -2.26. The summed E-state index contributed by atoms with van der Waals surface area (Å²) in [6.45, 7) is 2.21. The molecule has 2 aliphatic rings. The molecule has 2 aliphatic carbocycles. The third-order valence-electron chi connectivity index (χ3n) is 3.08. The molecule has 2 saturated carbocycles. The van der Waals surface area contributed by atoms with Gasteiger partial charge in [0.2, 0.25) is 0 Å². The molecule has 2 fully saturated rings. The fraction of sp³-hybridized carbons (Fsp3) is 1.00. The Bertz CT molecular complexity index is 129. The highest BCUT2D eigenvalue weighted by molar-refractivity contribution is 6.24. The van der Waals surface area contributed by atoms with Gasteiger partial charge >= 0.3 is 0 Å². The summed E-state index contributed by atoms with van der Waals surface area (Å²) in [5, 5.41) is 0. The Morgan fingerprint density at radius 2 is 2.22 bits per heavy atom. The van der Waals surface area contributed by atoms with Gasteiger partial charge in [-0.2, -0.15) is 0 Å². The van der Waals surface area contributed by atoms with Gasteiger partial charge in [0.05, 0.1) is 0 Å². The molecule has 2 rings (SSSR count). The van der Waals surface area contributed by atoms with Gasteiger partial charge in [0, 0.05) is 4.87 Å². The molecule has 0 amide bonds. The molecule has 9 heavy (non-hydrogen) atoms. The second-order valence-electron chi connectivity index (χ2n) is 3.86. The number of alkyl halides is 1. The average Bonchev–Trinajstić information content (AvgIpc) is 2.19. The maximum Gasteiger partial charge on any atom is 0.0449 e. The van der Waals surface area contributed by atoms with E-state index in [1.54, 1.807) is 0 Å². The largest absolute Gasteiger partial charge is 0.119 e. The van der Waals surface area contributed by atoms with Crippen LogP contribution in [0, 0.1) is 11.8 Å². The molecule has 0 aromatic carbocycles. The van der Waals surface area contributed by atoms with Gasteiger partial charge in [-0.25, -0.2) is 0 Å². The SMILES string of the molecule is C[C@@]1(Cl)C[C@H]2CC[C@@H]1C2. The van der Waals surface area contributed by atoms with Gasteiger partial charge in [-0.05, 0) is 38.0 Å². The van der Waals surface area contributed by atoms with E-state index < -0.39 is 0 Å². The van der Waals surface area contributed by atoms with Crippen LogP contribution in [0.25, 0.3) is 0 Å². The van der Waals surface area contributed by atoms with Crippen LogP contribution in [0.1, 0.15) is 32.6 Å². The Morgan fingerprint density at radius 3 is 2.44 bits per heavy atom. The molecule has 3 atom stereocenters. The summed E-state index contributed by atoms with van der Waals surface area (Å²) in [5.74, 6) is 1.83. The molecule has 0 aromatic rings. The predicted molar refractivity (Wildman–Crippen MR) is 39.7 cm³/mol. The minimum Gasteiger partial charge on any atom is -0.119 e. The Hall–Kier alpha value is 0.290. The molecule has 0 nitrogen and oxygen atoms in total. The van der Waals surface area contributed by atoms with Crippen LogP contribution in [0.4, 0.5) is 0 Å². The van der Waals surface area contributed by atoms with E-state index >= 15 is 0 Å². The number of halogens is 1. The molecule has 0 aliphatic heterocycles. The van der Waals surface area contributed by atoms with Crippen molar-refractivity contribution in [2.75, 3.05) is 0 Å². The van der Waals surface area contributed by atoms with Crippen LogP contribution in [0.5, 0.6) is 0 Å². The van der Waals surface area contributed by atoms with E-state index in [-0.39, 0.29) is 4.87 Å². The van der Waals surface area contributed by atoms with Crippen molar-refractivity contribution in [3.05, 3.63) is 0 Å². The smallest absolute Gasteiger partial charge is 0.0449 e. The van der Waals surface area contributed by atoms with Crippen LogP contribution < -0.4 is 0 Å². The van der Waals surface area contributed by atoms with E-state index in [4.69, 9.17) is 11.6 Å². The second kappa shape index (κ2) is 1.66. The lowest BCUT2D eigenvalue weighted by Crippen LogP contribution is -2.23. The van der Waals surface area contributed by atoms with Crippen LogP contribution in [0.2, 0.25) is 0 Å². The van der Waals surface area contributed by atoms with Crippen molar-refractivity contribution in [2.24, 2.45) is 11.8 Å². The van der Waals surface area contributed by atoms with E-state index in [9.17, 15) is 0 Å². The normalized spacial score (nSPS) is 56.7. The predicted octanol–water partition coefficient (Wildman–Crippen LogP) is 2.80. The molecule has 1 heteroatoms. The number of hydrogen-bond donors (Lipinski definition) is 0. The fourth-order valence-electron chi connectivity index (χ4n) is 2.54. The first-order valence-corrected chi connectivity index (χ1v) is 4.25. The summed E-state index contributed by atoms with van der Waals surface area (Å²) < 4.78 is 0. The molecular formula is C8H13Cl. The van der Waals surface area contributed by atoms with Crippen molar-refractivity contribution in [1.82, 2.24) is 0 Å². The van der Waals surface area contributed by atoms with Crippen LogP contribution in [-0.4, -0.2) is 4.87 Å². The minimum atomic E-state index is 0.183. The molecule has 2 bridgehead atoms. The maximum atomic E-state index is 6.26. The zero-order valence-corrected chi connectivity index (χ0v) is 6.62. The van der Waals surface area contributed by atoms with Crippen LogP contribution in [0.3, 0.4) is 0 Å². The van der Waals surface area contributed by atoms with Gasteiger partial charge in [-0.15, -0.1) is 11.6 Å². The van der Waals surface area contributed by atoms with E-state index in [0.717, 1.165) is 11.8 Å². The molecule has 0 N–H and O–H groups in total. The molecule has 0 unspecified atom stereocenters. The topological polar surface area (TPSA) is 0 Å². The van der Waals surface area contributed by atoms with Crippen LogP contribution in [-0.2, 0) is 0 Å². The molecule has 0 radical (unpaired) electrons. The number of fused-ring (bicyclic) bond motifs is 2. The summed E-state index contributed by atoms with van der Waals surface area (Å²) in [5.41, 5.74) is 0.